The Morgan fingerprint density at radius 2 is 1.79 bits per heavy atom. The smallest absolute Gasteiger partial charge is 0.389 e. The summed E-state index contributed by atoms with van der Waals surface area (Å²) in [7, 11) is 1.66. The predicted molar refractivity (Wildman–Crippen MR) is 200 cm³/mol. The normalized spacial score (nSPS) is 22.6. The largest absolute Gasteiger partial charge is 0.433 e. The van der Waals surface area contributed by atoms with Crippen LogP contribution in [0.3, 0.4) is 0 Å². The van der Waals surface area contributed by atoms with E-state index < -0.39 is 35.6 Å². The Morgan fingerprint density at radius 1 is 1.05 bits per heavy atom. The number of anilines is 2. The summed E-state index contributed by atoms with van der Waals surface area (Å²) in [6, 6.07) is 9.61. The minimum absolute atomic E-state index is 0.0122. The maximum atomic E-state index is 13.5. The molecule has 4 N–H and O–H groups in total. The molecule has 2 unspecified atom stereocenters. The number of rotatable bonds is 8. The molecule has 3 amide bonds. The van der Waals surface area contributed by atoms with Gasteiger partial charge in [0.05, 0.1) is 46.7 Å². The van der Waals surface area contributed by atoms with Crippen LogP contribution in [-0.2, 0) is 27.6 Å². The van der Waals surface area contributed by atoms with Crippen molar-refractivity contribution in [1.82, 2.24) is 39.1 Å². The molecule has 6 heterocycles. The third-order valence-electron chi connectivity index (χ3n) is 11.4. The van der Waals surface area contributed by atoms with Crippen molar-refractivity contribution in [1.29, 1.82) is 0 Å². The lowest BCUT2D eigenvalue weighted by molar-refractivity contribution is -0.141. The van der Waals surface area contributed by atoms with E-state index in [1.807, 2.05) is 18.3 Å². The number of aromatic nitrogens is 6. The van der Waals surface area contributed by atoms with Gasteiger partial charge in [-0.15, -0.1) is 0 Å². The molecule has 1 aliphatic carbocycles. The van der Waals surface area contributed by atoms with Crippen LogP contribution in [0.2, 0.25) is 0 Å². The first kappa shape index (κ1) is 38.1. The highest BCUT2D eigenvalue weighted by atomic mass is 19.4. The summed E-state index contributed by atoms with van der Waals surface area (Å²) in [5.41, 5.74) is -0.199. The number of hydrogen-bond donors (Lipinski definition) is 4. The van der Waals surface area contributed by atoms with E-state index in [0.717, 1.165) is 11.8 Å². The van der Waals surface area contributed by atoms with Crippen LogP contribution in [0, 0.1) is 0 Å². The maximum absolute atomic E-state index is 13.5. The Bertz CT molecular complexity index is 2430. The van der Waals surface area contributed by atoms with Crippen molar-refractivity contribution in [3.8, 4) is 0 Å². The van der Waals surface area contributed by atoms with Crippen LogP contribution in [-0.4, -0.2) is 93.5 Å². The quantitative estimate of drug-likeness (QED) is 0.133. The third-order valence-corrected chi connectivity index (χ3v) is 11.4. The van der Waals surface area contributed by atoms with Crippen molar-refractivity contribution in [2.24, 2.45) is 7.05 Å². The van der Waals surface area contributed by atoms with Gasteiger partial charge in [0.25, 0.3) is 0 Å². The number of aryl methyl sites for hydroxylation is 1. The van der Waals surface area contributed by atoms with Gasteiger partial charge in [-0.05, 0) is 62.4 Å². The minimum Gasteiger partial charge on any atom is -0.389 e. The number of carbonyl (C=O) groups excluding carboxylic acids is 3. The molecule has 2 atom stereocenters. The molecule has 57 heavy (non-hydrogen) atoms. The summed E-state index contributed by atoms with van der Waals surface area (Å²) in [6.45, 7) is 1.86. The Balaban J connectivity index is 0.864. The first-order valence-corrected chi connectivity index (χ1v) is 18.8. The highest BCUT2D eigenvalue weighted by Crippen LogP contribution is 2.38. The molecule has 4 aromatic heterocycles. The number of aliphatic hydroxyl groups is 2. The van der Waals surface area contributed by atoms with Crippen LogP contribution >= 0.6 is 0 Å². The molecule has 5 aromatic rings. The zero-order chi connectivity index (χ0) is 40.2. The topological polar surface area (TPSA) is 193 Å². The van der Waals surface area contributed by atoms with Gasteiger partial charge in [0.15, 0.2) is 6.23 Å². The van der Waals surface area contributed by atoms with E-state index in [4.69, 9.17) is 0 Å². The minimum atomic E-state index is -4.65. The fourth-order valence-electron chi connectivity index (χ4n) is 8.26. The zero-order valence-corrected chi connectivity index (χ0v) is 30.9. The van der Waals surface area contributed by atoms with E-state index in [2.05, 4.69) is 30.6 Å². The molecule has 2 saturated heterocycles. The number of alkyl halides is 3. The maximum Gasteiger partial charge on any atom is 0.433 e. The highest BCUT2D eigenvalue weighted by Gasteiger charge is 2.38. The number of nitrogens with one attached hydrogen (secondary N) is 2. The van der Waals surface area contributed by atoms with Crippen molar-refractivity contribution in [3.63, 3.8) is 0 Å². The number of piperidine rings is 1. The lowest BCUT2D eigenvalue weighted by Gasteiger charge is -2.40. The van der Waals surface area contributed by atoms with Gasteiger partial charge in [0.1, 0.15) is 23.1 Å². The number of nitrogens with zero attached hydrogens (tertiary/aromatic N) is 8. The van der Waals surface area contributed by atoms with E-state index in [1.54, 1.807) is 28.8 Å². The zero-order valence-electron chi connectivity index (χ0n) is 30.9. The number of imide groups is 1. The number of pyridine rings is 2. The number of para-hydroxylation sites is 1. The molecule has 0 radical (unpaired) electrons. The van der Waals surface area contributed by atoms with Crippen molar-refractivity contribution in [2.45, 2.75) is 75.0 Å². The number of carbonyl (C=O) groups is 3. The van der Waals surface area contributed by atoms with Gasteiger partial charge in [-0.1, -0.05) is 12.1 Å². The van der Waals surface area contributed by atoms with Gasteiger partial charge < -0.3 is 25.3 Å². The summed E-state index contributed by atoms with van der Waals surface area (Å²) < 4.78 is 44.1. The molecular weight excluding hydrogens is 749 g/mol. The molecule has 8 rings (SSSR count). The molecule has 19 heteroatoms. The van der Waals surface area contributed by atoms with Gasteiger partial charge in [0, 0.05) is 51.2 Å². The second-order valence-corrected chi connectivity index (χ2v) is 15.1. The number of aliphatic hydroxyl groups excluding tert-OH is 1. The summed E-state index contributed by atoms with van der Waals surface area (Å²) in [4.78, 5) is 63.0. The second-order valence-electron chi connectivity index (χ2n) is 15.1. The number of imidazole rings is 1. The van der Waals surface area contributed by atoms with Crippen molar-refractivity contribution >= 4 is 51.2 Å². The summed E-state index contributed by atoms with van der Waals surface area (Å²) in [5.74, 6) is -0.769. The summed E-state index contributed by atoms with van der Waals surface area (Å²) in [6.07, 6.45) is -0.563. The molecular formula is C38H41F3N10O6. The average Bonchev–Trinajstić information content (AvgIpc) is 3.72. The van der Waals surface area contributed by atoms with Crippen molar-refractivity contribution in [3.05, 3.63) is 76.7 Å². The average molecular weight is 791 g/mol. The van der Waals surface area contributed by atoms with E-state index in [-0.39, 0.29) is 54.3 Å². The van der Waals surface area contributed by atoms with Crippen molar-refractivity contribution < 1.29 is 37.8 Å². The Hall–Kier alpha value is -5.82. The number of piperazine rings is 1. The fraction of sp³-hybridized carbons (Fsp3) is 0.447. The van der Waals surface area contributed by atoms with E-state index >= 15 is 0 Å². The fourth-order valence-corrected chi connectivity index (χ4v) is 8.26. The number of hydrogen-bond acceptors (Lipinski definition) is 11. The van der Waals surface area contributed by atoms with Crippen LogP contribution in [0.1, 0.15) is 74.6 Å². The standard InChI is InChI=1S/C38H41F3N10O6/c1-47-33-26(5-3-6-27(33)51(36(47)56)28-8-9-31(52)45-35(28)55)48-14-16-49(17-15-48)32(53)19-37(57)12-10-23(11-13-37)50-21-22-18-30(42-20-25(22)46-50)44-34(54)24-4-2-7-29(43-24)38(39,40)41/h2-7,18,20-21,23,28,34,44,54,57H,8-17,19H2,1H3,(H,45,52,55)/t23-,28?,34?,37+. The van der Waals surface area contributed by atoms with Crippen LogP contribution < -0.4 is 21.2 Å². The van der Waals surface area contributed by atoms with E-state index in [1.165, 1.54) is 27.5 Å². The third kappa shape index (κ3) is 7.43. The van der Waals surface area contributed by atoms with Gasteiger partial charge in [0.2, 0.25) is 17.7 Å². The second kappa shape index (κ2) is 14.6. The van der Waals surface area contributed by atoms with Crippen LogP contribution in [0.5, 0.6) is 0 Å². The highest BCUT2D eigenvalue weighted by molar-refractivity contribution is 6.00. The van der Waals surface area contributed by atoms with Gasteiger partial charge in [-0.3, -0.25) is 33.5 Å². The first-order chi connectivity index (χ1) is 27.2. The Kier molecular flexibility index (Phi) is 9.75. The summed E-state index contributed by atoms with van der Waals surface area (Å²) >= 11 is 0. The molecule has 3 fully saturated rings. The summed E-state index contributed by atoms with van der Waals surface area (Å²) in [5, 5.41) is 32.4. The molecule has 1 aromatic carbocycles. The Labute approximate surface area is 322 Å². The SMILES string of the molecule is Cn1c(=O)n(C2CCC(=O)NC2=O)c2cccc(N3CCN(C(=O)C[C@]4(O)CC[C@@H](n5cc6cc(NC(O)c7cccc(C(F)(F)F)n7)ncc6n5)CC4)CC3)c21. The number of amides is 3. The van der Waals surface area contributed by atoms with Crippen LogP contribution in [0.25, 0.3) is 21.9 Å². The van der Waals surface area contributed by atoms with Crippen molar-refractivity contribution in [2.75, 3.05) is 36.4 Å². The molecule has 1 saturated carbocycles. The predicted octanol–water partition coefficient (Wildman–Crippen LogP) is 3.16. The first-order valence-electron chi connectivity index (χ1n) is 18.8. The molecule has 300 valence electrons. The number of fused-ring (bicyclic) bond motifs is 2. The van der Waals surface area contributed by atoms with E-state index in [9.17, 15) is 42.6 Å². The van der Waals surface area contributed by atoms with Gasteiger partial charge >= 0.3 is 11.9 Å². The monoisotopic (exact) mass is 790 g/mol. The van der Waals surface area contributed by atoms with Gasteiger partial charge in [-0.25, -0.2) is 14.8 Å². The lowest BCUT2D eigenvalue weighted by atomic mass is 9.80. The van der Waals surface area contributed by atoms with Crippen LogP contribution in [0.15, 0.2) is 59.7 Å². The molecule has 2 aliphatic heterocycles. The number of halogens is 3. The molecule has 0 spiro atoms. The van der Waals surface area contributed by atoms with Crippen LogP contribution in [0.4, 0.5) is 24.7 Å². The molecule has 3 aliphatic rings. The molecule has 0 bridgehead atoms. The number of benzene rings is 1. The Morgan fingerprint density at radius 3 is 2.51 bits per heavy atom. The van der Waals surface area contributed by atoms with Gasteiger partial charge in [-0.2, -0.15) is 18.3 Å². The lowest BCUT2D eigenvalue weighted by Crippen LogP contribution is -2.51. The van der Waals surface area contributed by atoms with E-state index in [0.29, 0.717) is 73.8 Å². The molecule has 16 nitrogen and oxygen atoms in total.